The van der Waals surface area contributed by atoms with Gasteiger partial charge in [0.15, 0.2) is 0 Å². The number of rotatable bonds is 7. The van der Waals surface area contributed by atoms with Crippen LogP contribution in [0.1, 0.15) is 41.6 Å². The Bertz CT molecular complexity index is 430. The highest BCUT2D eigenvalue weighted by molar-refractivity contribution is 9.08. The van der Waals surface area contributed by atoms with Gasteiger partial charge in [-0.05, 0) is 63.0 Å². The summed E-state index contributed by atoms with van der Waals surface area (Å²) < 4.78 is 0. The van der Waals surface area contributed by atoms with E-state index in [0.29, 0.717) is 0 Å². The Kier molecular flexibility index (Phi) is 6.54. The molecule has 2 rings (SSSR count). The van der Waals surface area contributed by atoms with Crippen molar-refractivity contribution < 1.29 is 4.79 Å². The van der Waals surface area contributed by atoms with Crippen molar-refractivity contribution in [1.82, 2.24) is 10.2 Å². The Balaban J connectivity index is 1.64. The number of hydrogen-bond acceptors (Lipinski definition) is 2. The summed E-state index contributed by atoms with van der Waals surface area (Å²) >= 11 is 3.41. The Morgan fingerprint density at radius 2 is 2.05 bits per heavy atom. The topological polar surface area (TPSA) is 32.3 Å². The average molecular weight is 339 g/mol. The van der Waals surface area contributed by atoms with Gasteiger partial charge in [0, 0.05) is 17.4 Å². The van der Waals surface area contributed by atoms with E-state index in [9.17, 15) is 4.79 Å². The van der Waals surface area contributed by atoms with E-state index in [0.717, 1.165) is 29.4 Å². The number of carbonyl (C=O) groups excluding carboxylic acids is 1. The Morgan fingerprint density at radius 3 is 2.80 bits per heavy atom. The Hall–Kier alpha value is -0.870. The minimum Gasteiger partial charge on any atom is -0.352 e. The molecule has 0 atom stereocenters. The van der Waals surface area contributed by atoms with Gasteiger partial charge in [-0.1, -0.05) is 28.1 Å². The van der Waals surface area contributed by atoms with Gasteiger partial charge in [0.2, 0.25) is 0 Å². The fourth-order valence-corrected chi connectivity index (χ4v) is 2.92. The number of benzene rings is 1. The molecule has 4 heteroatoms. The summed E-state index contributed by atoms with van der Waals surface area (Å²) in [5.74, 6) is 0.0361. The van der Waals surface area contributed by atoms with E-state index in [1.165, 1.54) is 38.9 Å². The first-order chi connectivity index (χ1) is 9.79. The van der Waals surface area contributed by atoms with E-state index in [1.54, 1.807) is 0 Å². The Morgan fingerprint density at radius 1 is 1.25 bits per heavy atom. The molecule has 110 valence electrons. The molecule has 0 aromatic heterocycles. The third-order valence-corrected chi connectivity index (χ3v) is 4.38. The van der Waals surface area contributed by atoms with E-state index in [2.05, 4.69) is 26.1 Å². The third-order valence-electron chi connectivity index (χ3n) is 3.73. The summed E-state index contributed by atoms with van der Waals surface area (Å²) in [5, 5.41) is 3.78. The van der Waals surface area contributed by atoms with Crippen LogP contribution in [0.15, 0.2) is 24.3 Å². The van der Waals surface area contributed by atoms with E-state index < -0.39 is 0 Å². The number of likely N-dealkylation sites (tertiary alicyclic amines) is 1. The largest absolute Gasteiger partial charge is 0.352 e. The van der Waals surface area contributed by atoms with Crippen LogP contribution in [0.3, 0.4) is 0 Å². The normalized spacial score (nSPS) is 15.4. The second kappa shape index (κ2) is 8.42. The van der Waals surface area contributed by atoms with Gasteiger partial charge < -0.3 is 10.2 Å². The standard InChI is InChI=1S/C16H23BrN2O/c17-13-14-6-5-7-15(12-14)16(20)18-8-1-2-9-19-10-3-4-11-19/h5-7,12H,1-4,8-11,13H2,(H,18,20). The third kappa shape index (κ3) is 4.91. The lowest BCUT2D eigenvalue weighted by Crippen LogP contribution is -2.26. The number of nitrogens with one attached hydrogen (secondary N) is 1. The molecule has 0 spiro atoms. The van der Waals surface area contributed by atoms with Crippen molar-refractivity contribution in [2.24, 2.45) is 0 Å². The summed E-state index contributed by atoms with van der Waals surface area (Å²) in [7, 11) is 0. The van der Waals surface area contributed by atoms with Crippen molar-refractivity contribution in [3.63, 3.8) is 0 Å². The van der Waals surface area contributed by atoms with Crippen molar-refractivity contribution in [3.05, 3.63) is 35.4 Å². The summed E-state index contributed by atoms with van der Waals surface area (Å²) in [5.41, 5.74) is 1.88. The van der Waals surface area contributed by atoms with Crippen molar-refractivity contribution in [3.8, 4) is 0 Å². The minimum atomic E-state index is 0.0361. The van der Waals surface area contributed by atoms with Gasteiger partial charge in [-0.2, -0.15) is 0 Å². The first-order valence-electron chi connectivity index (χ1n) is 7.45. The lowest BCUT2D eigenvalue weighted by atomic mass is 10.1. The van der Waals surface area contributed by atoms with Crippen LogP contribution in [0.5, 0.6) is 0 Å². The van der Waals surface area contributed by atoms with E-state index in [1.807, 2.05) is 24.3 Å². The van der Waals surface area contributed by atoms with Gasteiger partial charge >= 0.3 is 0 Å². The molecule has 1 fully saturated rings. The molecule has 0 unspecified atom stereocenters. The van der Waals surface area contributed by atoms with Crippen LogP contribution in [0.4, 0.5) is 0 Å². The maximum Gasteiger partial charge on any atom is 0.251 e. The number of nitrogens with zero attached hydrogens (tertiary/aromatic N) is 1. The van der Waals surface area contributed by atoms with Gasteiger partial charge in [-0.15, -0.1) is 0 Å². The monoisotopic (exact) mass is 338 g/mol. The van der Waals surface area contributed by atoms with E-state index in [4.69, 9.17) is 0 Å². The smallest absolute Gasteiger partial charge is 0.251 e. The Labute approximate surface area is 129 Å². The van der Waals surface area contributed by atoms with Gasteiger partial charge in [0.05, 0.1) is 0 Å². The first-order valence-corrected chi connectivity index (χ1v) is 8.57. The summed E-state index contributed by atoms with van der Waals surface area (Å²) in [6.07, 6.45) is 4.92. The molecule has 0 bridgehead atoms. The number of unbranched alkanes of at least 4 members (excludes halogenated alkanes) is 1. The SMILES string of the molecule is O=C(NCCCCN1CCCC1)c1cccc(CBr)c1. The molecule has 1 saturated heterocycles. The zero-order valence-corrected chi connectivity index (χ0v) is 13.5. The molecular formula is C16H23BrN2O. The van der Waals surface area contributed by atoms with Crippen LogP contribution in [0.2, 0.25) is 0 Å². The predicted molar refractivity (Wildman–Crippen MR) is 86.3 cm³/mol. The lowest BCUT2D eigenvalue weighted by Gasteiger charge is -2.14. The molecule has 20 heavy (non-hydrogen) atoms. The van der Waals surface area contributed by atoms with Gasteiger partial charge in [0.1, 0.15) is 0 Å². The van der Waals surface area contributed by atoms with Crippen LogP contribution in [0, 0.1) is 0 Å². The van der Waals surface area contributed by atoms with Crippen molar-refractivity contribution >= 4 is 21.8 Å². The highest BCUT2D eigenvalue weighted by atomic mass is 79.9. The quantitative estimate of drug-likeness (QED) is 0.611. The number of amides is 1. The highest BCUT2D eigenvalue weighted by Gasteiger charge is 2.10. The molecule has 0 saturated carbocycles. The highest BCUT2D eigenvalue weighted by Crippen LogP contribution is 2.09. The van der Waals surface area contributed by atoms with Crippen LogP contribution in [0.25, 0.3) is 0 Å². The summed E-state index contributed by atoms with van der Waals surface area (Å²) in [4.78, 5) is 14.5. The van der Waals surface area contributed by atoms with E-state index >= 15 is 0 Å². The number of carbonyl (C=O) groups is 1. The zero-order chi connectivity index (χ0) is 14.2. The van der Waals surface area contributed by atoms with Crippen molar-refractivity contribution in [2.75, 3.05) is 26.2 Å². The molecule has 1 N–H and O–H groups in total. The lowest BCUT2D eigenvalue weighted by molar-refractivity contribution is 0.0952. The predicted octanol–water partition coefficient (Wildman–Crippen LogP) is 3.19. The summed E-state index contributed by atoms with van der Waals surface area (Å²) in [6.45, 7) is 4.46. The van der Waals surface area contributed by atoms with Gasteiger partial charge in [-0.3, -0.25) is 4.79 Å². The molecule has 1 aliphatic rings. The number of hydrogen-bond donors (Lipinski definition) is 1. The fourth-order valence-electron chi connectivity index (χ4n) is 2.57. The molecule has 1 aromatic carbocycles. The molecule has 3 nitrogen and oxygen atoms in total. The maximum absolute atomic E-state index is 12.0. The first kappa shape index (κ1) is 15.5. The molecule has 0 radical (unpaired) electrons. The fraction of sp³-hybridized carbons (Fsp3) is 0.562. The van der Waals surface area contributed by atoms with Crippen LogP contribution in [-0.4, -0.2) is 37.0 Å². The molecule has 1 heterocycles. The van der Waals surface area contributed by atoms with Crippen molar-refractivity contribution in [1.29, 1.82) is 0 Å². The van der Waals surface area contributed by atoms with Gasteiger partial charge in [0.25, 0.3) is 5.91 Å². The van der Waals surface area contributed by atoms with Crippen LogP contribution < -0.4 is 5.32 Å². The summed E-state index contributed by atoms with van der Waals surface area (Å²) in [6, 6.07) is 7.75. The van der Waals surface area contributed by atoms with Crippen molar-refractivity contribution in [2.45, 2.75) is 31.0 Å². The number of alkyl halides is 1. The number of halogens is 1. The minimum absolute atomic E-state index is 0.0361. The zero-order valence-electron chi connectivity index (χ0n) is 11.9. The molecule has 1 aliphatic heterocycles. The second-order valence-electron chi connectivity index (χ2n) is 5.35. The van der Waals surface area contributed by atoms with Crippen LogP contribution in [-0.2, 0) is 5.33 Å². The second-order valence-corrected chi connectivity index (χ2v) is 5.91. The van der Waals surface area contributed by atoms with Gasteiger partial charge in [-0.25, -0.2) is 0 Å². The maximum atomic E-state index is 12.0. The molecular weight excluding hydrogens is 316 g/mol. The van der Waals surface area contributed by atoms with Crippen LogP contribution >= 0.6 is 15.9 Å². The van der Waals surface area contributed by atoms with E-state index in [-0.39, 0.29) is 5.91 Å². The molecule has 1 aromatic rings. The molecule has 1 amide bonds. The average Bonchev–Trinajstić information content (AvgIpc) is 3.00. The molecule has 0 aliphatic carbocycles.